The summed E-state index contributed by atoms with van der Waals surface area (Å²) in [5, 5.41) is 7.28. The van der Waals surface area contributed by atoms with Crippen molar-refractivity contribution in [3.8, 4) is 0 Å². The monoisotopic (exact) mass is 293 g/mol. The number of aromatic nitrogens is 2. The quantitative estimate of drug-likeness (QED) is 0.793. The van der Waals surface area contributed by atoms with E-state index in [2.05, 4.69) is 15.1 Å². The highest BCUT2D eigenvalue weighted by Crippen LogP contribution is 2.27. The van der Waals surface area contributed by atoms with Gasteiger partial charge < -0.3 is 4.74 Å². The Hall–Kier alpha value is -0.860. The van der Waals surface area contributed by atoms with Crippen LogP contribution in [0.3, 0.4) is 0 Å². The van der Waals surface area contributed by atoms with Crippen molar-refractivity contribution in [3.63, 3.8) is 0 Å². The summed E-state index contributed by atoms with van der Waals surface area (Å²) in [6, 6.07) is 2.32. The number of thioether (sulfide) groups is 1. The van der Waals surface area contributed by atoms with Gasteiger partial charge >= 0.3 is 6.18 Å². The summed E-state index contributed by atoms with van der Waals surface area (Å²) < 4.78 is 42.1. The molecule has 106 valence electrons. The van der Waals surface area contributed by atoms with E-state index in [9.17, 15) is 13.2 Å². The molecule has 1 aromatic rings. The Bertz CT molecular complexity index is 393. The first-order valence-corrected chi connectivity index (χ1v) is 6.88. The molecule has 0 radical (unpaired) electrons. The van der Waals surface area contributed by atoms with Crippen LogP contribution in [-0.4, -0.2) is 53.7 Å². The van der Waals surface area contributed by atoms with E-state index in [1.807, 2.05) is 0 Å². The van der Waals surface area contributed by atoms with E-state index in [1.54, 1.807) is 0 Å². The Kier molecular flexibility index (Phi) is 5.00. The Morgan fingerprint density at radius 1 is 1.21 bits per heavy atom. The predicted octanol–water partition coefficient (Wildman–Crippen LogP) is 1.92. The fraction of sp³-hybridized carbons (Fsp3) is 0.636. The van der Waals surface area contributed by atoms with E-state index in [0.717, 1.165) is 44.7 Å². The fourth-order valence-electron chi connectivity index (χ4n) is 1.65. The Morgan fingerprint density at radius 3 is 2.53 bits per heavy atom. The number of nitrogens with zero attached hydrogens (tertiary/aromatic N) is 3. The average molecular weight is 293 g/mol. The molecule has 0 amide bonds. The van der Waals surface area contributed by atoms with Crippen molar-refractivity contribution >= 4 is 11.8 Å². The van der Waals surface area contributed by atoms with Crippen molar-refractivity contribution in [1.29, 1.82) is 0 Å². The van der Waals surface area contributed by atoms with Gasteiger partial charge in [-0.3, -0.25) is 4.90 Å². The molecule has 1 aliphatic rings. The van der Waals surface area contributed by atoms with Crippen LogP contribution in [0.2, 0.25) is 0 Å². The van der Waals surface area contributed by atoms with Crippen LogP contribution in [0.5, 0.6) is 0 Å². The summed E-state index contributed by atoms with van der Waals surface area (Å²) in [6.07, 6.45) is -4.43. The maximum atomic E-state index is 12.3. The molecule has 0 saturated carbocycles. The lowest BCUT2D eigenvalue weighted by Crippen LogP contribution is -2.37. The maximum Gasteiger partial charge on any atom is 0.435 e. The molecule has 0 aliphatic carbocycles. The molecule has 1 aliphatic heterocycles. The molecule has 2 rings (SSSR count). The van der Waals surface area contributed by atoms with Crippen LogP contribution < -0.4 is 0 Å². The predicted molar refractivity (Wildman–Crippen MR) is 65.0 cm³/mol. The molecular weight excluding hydrogens is 279 g/mol. The molecule has 1 fully saturated rings. The highest BCUT2D eigenvalue weighted by Gasteiger charge is 2.32. The van der Waals surface area contributed by atoms with Crippen LogP contribution in [0.1, 0.15) is 5.69 Å². The van der Waals surface area contributed by atoms with E-state index >= 15 is 0 Å². The molecule has 0 aromatic carbocycles. The molecule has 1 aromatic heterocycles. The van der Waals surface area contributed by atoms with Crippen LogP contribution in [-0.2, 0) is 10.9 Å². The molecule has 2 heterocycles. The van der Waals surface area contributed by atoms with Gasteiger partial charge in [0.2, 0.25) is 0 Å². The van der Waals surface area contributed by atoms with Gasteiger partial charge in [0.15, 0.2) is 5.69 Å². The van der Waals surface area contributed by atoms with E-state index in [1.165, 1.54) is 17.8 Å². The summed E-state index contributed by atoms with van der Waals surface area (Å²) in [5.41, 5.74) is -0.954. The lowest BCUT2D eigenvalue weighted by molar-refractivity contribution is -0.141. The van der Waals surface area contributed by atoms with E-state index in [0.29, 0.717) is 5.03 Å². The summed E-state index contributed by atoms with van der Waals surface area (Å²) in [6.45, 7) is 4.16. The zero-order valence-electron chi connectivity index (χ0n) is 10.2. The zero-order valence-corrected chi connectivity index (χ0v) is 11.0. The molecule has 0 spiro atoms. The Balaban J connectivity index is 1.76. The molecule has 0 unspecified atom stereocenters. The highest BCUT2D eigenvalue weighted by atomic mass is 32.2. The number of hydrogen-bond donors (Lipinski definition) is 0. The van der Waals surface area contributed by atoms with Crippen LogP contribution in [0.25, 0.3) is 0 Å². The number of alkyl halides is 3. The van der Waals surface area contributed by atoms with Gasteiger partial charge in [-0.15, -0.1) is 22.0 Å². The molecule has 1 saturated heterocycles. The number of halogens is 3. The second kappa shape index (κ2) is 6.53. The second-order valence-corrected chi connectivity index (χ2v) is 5.17. The van der Waals surface area contributed by atoms with Crippen molar-refractivity contribution in [3.05, 3.63) is 17.8 Å². The first-order valence-electron chi connectivity index (χ1n) is 5.89. The minimum atomic E-state index is -4.43. The maximum absolute atomic E-state index is 12.3. The van der Waals surface area contributed by atoms with Crippen molar-refractivity contribution in [2.45, 2.75) is 11.2 Å². The van der Waals surface area contributed by atoms with Gasteiger partial charge in [-0.2, -0.15) is 13.2 Å². The van der Waals surface area contributed by atoms with Crippen molar-refractivity contribution in [2.24, 2.45) is 0 Å². The topological polar surface area (TPSA) is 38.2 Å². The lowest BCUT2D eigenvalue weighted by Gasteiger charge is -2.26. The Labute approximate surface area is 113 Å². The lowest BCUT2D eigenvalue weighted by atomic mass is 10.4. The normalized spacial score (nSPS) is 17.6. The highest BCUT2D eigenvalue weighted by molar-refractivity contribution is 7.99. The summed E-state index contributed by atoms with van der Waals surface area (Å²) >= 11 is 1.41. The van der Waals surface area contributed by atoms with Crippen LogP contribution in [0.4, 0.5) is 13.2 Å². The molecule has 4 nitrogen and oxygen atoms in total. The van der Waals surface area contributed by atoms with Gasteiger partial charge in [-0.05, 0) is 12.1 Å². The SMILES string of the molecule is FC(F)(F)c1ccc(SCCN2CCOCC2)nn1. The number of hydrogen-bond acceptors (Lipinski definition) is 5. The summed E-state index contributed by atoms with van der Waals surface area (Å²) in [4.78, 5) is 2.26. The third-order valence-corrected chi connectivity index (χ3v) is 3.59. The van der Waals surface area contributed by atoms with E-state index < -0.39 is 11.9 Å². The Morgan fingerprint density at radius 2 is 1.95 bits per heavy atom. The van der Waals surface area contributed by atoms with Crippen LogP contribution in [0.15, 0.2) is 17.2 Å². The van der Waals surface area contributed by atoms with Crippen LogP contribution >= 0.6 is 11.8 Å². The molecular formula is C11H14F3N3OS. The van der Waals surface area contributed by atoms with Gasteiger partial charge in [-0.25, -0.2) is 0 Å². The largest absolute Gasteiger partial charge is 0.435 e. The van der Waals surface area contributed by atoms with Gasteiger partial charge in [-0.1, -0.05) is 0 Å². The van der Waals surface area contributed by atoms with Crippen molar-refractivity contribution in [1.82, 2.24) is 15.1 Å². The average Bonchev–Trinajstić information content (AvgIpc) is 2.39. The molecule has 19 heavy (non-hydrogen) atoms. The van der Waals surface area contributed by atoms with Gasteiger partial charge in [0.25, 0.3) is 0 Å². The van der Waals surface area contributed by atoms with Crippen molar-refractivity contribution < 1.29 is 17.9 Å². The first kappa shape index (κ1) is 14.5. The molecule has 8 heteroatoms. The minimum Gasteiger partial charge on any atom is -0.379 e. The fourth-order valence-corrected chi connectivity index (χ4v) is 2.47. The second-order valence-electron chi connectivity index (χ2n) is 4.06. The molecule has 0 atom stereocenters. The number of rotatable bonds is 4. The van der Waals surface area contributed by atoms with Gasteiger partial charge in [0.05, 0.1) is 13.2 Å². The molecule has 0 N–H and O–H groups in total. The van der Waals surface area contributed by atoms with Crippen LogP contribution in [0, 0.1) is 0 Å². The molecule has 0 bridgehead atoms. The van der Waals surface area contributed by atoms with E-state index in [4.69, 9.17) is 4.74 Å². The van der Waals surface area contributed by atoms with E-state index in [-0.39, 0.29) is 0 Å². The number of ether oxygens (including phenoxy) is 1. The minimum absolute atomic E-state index is 0.515. The first-order chi connectivity index (χ1) is 9.05. The van der Waals surface area contributed by atoms with Gasteiger partial charge in [0.1, 0.15) is 5.03 Å². The van der Waals surface area contributed by atoms with Crippen molar-refractivity contribution in [2.75, 3.05) is 38.6 Å². The summed E-state index contributed by atoms with van der Waals surface area (Å²) in [5.74, 6) is 0.778. The third-order valence-electron chi connectivity index (χ3n) is 2.69. The third kappa shape index (κ3) is 4.63. The van der Waals surface area contributed by atoms with Gasteiger partial charge in [0, 0.05) is 25.4 Å². The summed E-state index contributed by atoms with van der Waals surface area (Å²) in [7, 11) is 0. The standard InChI is InChI=1S/C11H14F3N3OS/c12-11(13,14)9-1-2-10(16-15-9)19-8-5-17-3-6-18-7-4-17/h1-2H,3-8H2. The zero-order chi connectivity index (χ0) is 13.7. The number of morpholine rings is 1. The smallest absolute Gasteiger partial charge is 0.379 e.